The second-order valence-electron chi connectivity index (χ2n) is 9.27. The molecule has 0 aromatic heterocycles. The van der Waals surface area contributed by atoms with Crippen LogP contribution in [0.5, 0.6) is 0 Å². The van der Waals surface area contributed by atoms with Crippen molar-refractivity contribution in [3.63, 3.8) is 0 Å². The van der Waals surface area contributed by atoms with Crippen molar-refractivity contribution in [2.75, 3.05) is 48.4 Å². The molecule has 0 amide bonds. The molecule has 0 aliphatic rings. The van der Waals surface area contributed by atoms with Crippen LogP contribution in [-0.2, 0) is 4.43 Å². The molecule has 0 saturated carbocycles. The number of hydrogen-bond donors (Lipinski definition) is 0. The highest BCUT2D eigenvalue weighted by Crippen LogP contribution is 2.40. The molecule has 152 valence electrons. The third-order valence-corrected chi connectivity index (χ3v) is 9.62. The maximum absolute atomic E-state index is 6.19. The third kappa shape index (κ3) is 13.0. The summed E-state index contributed by atoms with van der Waals surface area (Å²) in [5.41, 5.74) is 0.438. The van der Waals surface area contributed by atoms with Crippen molar-refractivity contribution < 1.29 is 4.43 Å². The number of rotatable bonds is 16. The van der Waals surface area contributed by atoms with E-state index in [0.29, 0.717) is 5.41 Å². The molecule has 0 aromatic carbocycles. The number of nitrogens with zero attached hydrogens (tertiary/aromatic N) is 2. The van der Waals surface area contributed by atoms with Gasteiger partial charge in [0.05, 0.1) is 0 Å². The number of hydrogen-bond acceptors (Lipinski definition) is 3. The zero-order valence-corrected chi connectivity index (χ0v) is 19.8. The molecule has 3 nitrogen and oxygen atoms in total. The molecule has 4 heteroatoms. The predicted octanol–water partition coefficient (Wildman–Crippen LogP) is 5.48. The molecule has 0 aliphatic heterocycles. The van der Waals surface area contributed by atoms with Gasteiger partial charge >= 0.3 is 0 Å². The average molecular weight is 373 g/mol. The lowest BCUT2D eigenvalue weighted by Gasteiger charge is -2.38. The van der Waals surface area contributed by atoms with Crippen molar-refractivity contribution in [2.45, 2.75) is 83.8 Å². The average Bonchev–Trinajstić information content (AvgIpc) is 2.50. The van der Waals surface area contributed by atoms with E-state index in [-0.39, 0.29) is 0 Å². The van der Waals surface area contributed by atoms with Gasteiger partial charge in [-0.2, -0.15) is 0 Å². The maximum atomic E-state index is 6.19. The van der Waals surface area contributed by atoms with Crippen molar-refractivity contribution in [1.82, 2.24) is 9.80 Å². The van der Waals surface area contributed by atoms with Crippen LogP contribution in [0.15, 0.2) is 0 Å². The fourth-order valence-corrected chi connectivity index (χ4v) is 7.72. The summed E-state index contributed by atoms with van der Waals surface area (Å²) >= 11 is 0. The summed E-state index contributed by atoms with van der Waals surface area (Å²) in [6.07, 6.45) is 10.7. The summed E-state index contributed by atoms with van der Waals surface area (Å²) in [6.45, 7) is 9.71. The van der Waals surface area contributed by atoms with Gasteiger partial charge in [-0.1, -0.05) is 39.5 Å². The summed E-state index contributed by atoms with van der Waals surface area (Å²) in [5, 5.41) is 0. The predicted molar refractivity (Wildman–Crippen MR) is 116 cm³/mol. The van der Waals surface area contributed by atoms with Crippen LogP contribution in [-0.4, -0.2) is 66.5 Å². The molecule has 0 heterocycles. The Morgan fingerprint density at radius 2 is 1.36 bits per heavy atom. The normalized spacial score (nSPS) is 15.1. The molecule has 0 aromatic rings. The minimum Gasteiger partial charge on any atom is -0.420 e. The van der Waals surface area contributed by atoms with E-state index in [2.05, 4.69) is 58.4 Å². The molecule has 0 rings (SSSR count). The van der Waals surface area contributed by atoms with Gasteiger partial charge in [-0.25, -0.2) is 0 Å². The van der Waals surface area contributed by atoms with E-state index in [1.807, 2.05) is 7.11 Å². The van der Waals surface area contributed by atoms with E-state index in [9.17, 15) is 0 Å². The Labute approximate surface area is 160 Å². The van der Waals surface area contributed by atoms with Crippen molar-refractivity contribution in [3.8, 4) is 0 Å². The highest BCUT2D eigenvalue weighted by molar-refractivity contribution is 6.72. The molecule has 0 spiro atoms. The molecular formula is C21H48N2OSi. The van der Waals surface area contributed by atoms with E-state index in [1.165, 1.54) is 76.5 Å². The van der Waals surface area contributed by atoms with Crippen LogP contribution in [0.4, 0.5) is 0 Å². The van der Waals surface area contributed by atoms with Crippen molar-refractivity contribution in [3.05, 3.63) is 0 Å². The van der Waals surface area contributed by atoms with Crippen LogP contribution >= 0.6 is 0 Å². The smallest absolute Gasteiger partial charge is 0.189 e. The topological polar surface area (TPSA) is 15.7 Å². The van der Waals surface area contributed by atoms with E-state index in [4.69, 9.17) is 4.43 Å². The second kappa shape index (κ2) is 13.3. The van der Waals surface area contributed by atoms with Crippen molar-refractivity contribution >= 4 is 8.32 Å². The first-order valence-corrected chi connectivity index (χ1v) is 13.3. The summed E-state index contributed by atoms with van der Waals surface area (Å²) in [6, 6.07) is 2.66. The summed E-state index contributed by atoms with van der Waals surface area (Å²) < 4.78 is 6.19. The molecule has 0 bridgehead atoms. The van der Waals surface area contributed by atoms with Gasteiger partial charge in [-0.15, -0.1) is 0 Å². The van der Waals surface area contributed by atoms with Gasteiger partial charge in [0.25, 0.3) is 0 Å². The molecule has 1 unspecified atom stereocenters. The second-order valence-corrected chi connectivity index (χ2v) is 13.4. The van der Waals surface area contributed by atoms with Crippen LogP contribution in [0.25, 0.3) is 0 Å². The lowest BCUT2D eigenvalue weighted by atomic mass is 9.82. The molecule has 0 N–H and O–H groups in total. The monoisotopic (exact) mass is 372 g/mol. The van der Waals surface area contributed by atoms with Crippen LogP contribution < -0.4 is 0 Å². The quantitative estimate of drug-likeness (QED) is 0.263. The molecule has 0 radical (unpaired) electrons. The van der Waals surface area contributed by atoms with Crippen LogP contribution in [0.1, 0.15) is 65.2 Å². The fraction of sp³-hybridized carbons (Fsp3) is 1.00. The number of unbranched alkanes of at least 4 members (excludes halogenated alkanes) is 3. The molecular weight excluding hydrogens is 324 g/mol. The van der Waals surface area contributed by atoms with E-state index < -0.39 is 8.32 Å². The minimum atomic E-state index is -1.59. The van der Waals surface area contributed by atoms with Gasteiger partial charge in [-0.05, 0) is 91.0 Å². The summed E-state index contributed by atoms with van der Waals surface area (Å²) in [4.78, 5) is 4.63. The van der Waals surface area contributed by atoms with Gasteiger partial charge in [0, 0.05) is 7.11 Å². The van der Waals surface area contributed by atoms with Gasteiger partial charge in [0.1, 0.15) is 0 Å². The Morgan fingerprint density at radius 1 is 0.840 bits per heavy atom. The largest absolute Gasteiger partial charge is 0.420 e. The fourth-order valence-electron chi connectivity index (χ4n) is 4.04. The Morgan fingerprint density at radius 3 is 1.76 bits per heavy atom. The van der Waals surface area contributed by atoms with Crippen LogP contribution in [0.3, 0.4) is 0 Å². The Bertz CT molecular complexity index is 309. The molecule has 0 saturated heterocycles. The summed E-state index contributed by atoms with van der Waals surface area (Å²) in [5.74, 6) is 0. The van der Waals surface area contributed by atoms with Crippen molar-refractivity contribution in [2.24, 2.45) is 5.41 Å². The van der Waals surface area contributed by atoms with Gasteiger partial charge in [0.15, 0.2) is 8.32 Å². The Kier molecular flexibility index (Phi) is 13.3. The minimum absolute atomic E-state index is 0.438. The van der Waals surface area contributed by atoms with Crippen LogP contribution in [0, 0.1) is 5.41 Å². The molecule has 0 aliphatic carbocycles. The SMILES string of the molecule is CCCCCC[Si](C)(CC(C)(CCCN(C)C)CCCN(C)C)OC. The van der Waals surface area contributed by atoms with Gasteiger partial charge in [0.2, 0.25) is 0 Å². The lowest BCUT2D eigenvalue weighted by Crippen LogP contribution is -2.39. The highest BCUT2D eigenvalue weighted by atomic mass is 28.4. The highest BCUT2D eigenvalue weighted by Gasteiger charge is 2.37. The first-order valence-electron chi connectivity index (χ1n) is 10.5. The van der Waals surface area contributed by atoms with Crippen LogP contribution in [0.2, 0.25) is 18.6 Å². The molecule has 1 atom stereocenters. The Balaban J connectivity index is 4.76. The first-order chi connectivity index (χ1) is 11.7. The lowest BCUT2D eigenvalue weighted by molar-refractivity contribution is 0.240. The van der Waals surface area contributed by atoms with Crippen molar-refractivity contribution in [1.29, 1.82) is 0 Å². The molecule has 0 fully saturated rings. The zero-order chi connectivity index (χ0) is 19.3. The van der Waals surface area contributed by atoms with E-state index in [1.54, 1.807) is 0 Å². The van der Waals surface area contributed by atoms with E-state index in [0.717, 1.165) is 0 Å². The molecule has 25 heavy (non-hydrogen) atoms. The van der Waals surface area contributed by atoms with Gasteiger partial charge in [-0.3, -0.25) is 0 Å². The maximum Gasteiger partial charge on any atom is 0.189 e. The standard InChI is InChI=1S/C21H48N2OSi/c1-9-10-11-12-19-25(8,24-7)20-21(2,15-13-17-22(3)4)16-14-18-23(5)6/h9-20H2,1-8H3. The van der Waals surface area contributed by atoms with E-state index >= 15 is 0 Å². The zero-order valence-electron chi connectivity index (χ0n) is 18.8. The first kappa shape index (κ1) is 25.1. The van der Waals surface area contributed by atoms with Gasteiger partial charge < -0.3 is 14.2 Å². The Hall–Kier alpha value is 0.0969. The summed E-state index contributed by atoms with van der Waals surface area (Å²) in [7, 11) is 9.13. The third-order valence-electron chi connectivity index (χ3n) is 5.62.